The van der Waals surface area contributed by atoms with Crippen molar-refractivity contribution in [2.24, 2.45) is 11.7 Å². The second-order valence-corrected chi connectivity index (χ2v) is 5.70. The number of amides is 1. The molecule has 0 heterocycles. The molecule has 0 aromatic carbocycles. The second-order valence-electron chi connectivity index (χ2n) is 5.70. The van der Waals surface area contributed by atoms with Crippen molar-refractivity contribution in [3.8, 4) is 0 Å². The molecule has 108 valence electrons. The Morgan fingerprint density at radius 2 is 1.78 bits per heavy atom. The maximum Gasteiger partial charge on any atom is 0.221 e. The van der Waals surface area contributed by atoms with Crippen molar-refractivity contribution in [3.63, 3.8) is 0 Å². The van der Waals surface area contributed by atoms with Crippen LogP contribution in [0.4, 0.5) is 0 Å². The van der Waals surface area contributed by atoms with E-state index in [9.17, 15) is 4.79 Å². The fourth-order valence-electron chi connectivity index (χ4n) is 2.04. The number of rotatable bonds is 11. The minimum atomic E-state index is 0.0287. The van der Waals surface area contributed by atoms with E-state index in [-0.39, 0.29) is 11.9 Å². The average molecular weight is 256 g/mol. The summed E-state index contributed by atoms with van der Waals surface area (Å²) in [5.41, 5.74) is 5.82. The van der Waals surface area contributed by atoms with Gasteiger partial charge < -0.3 is 11.1 Å². The van der Waals surface area contributed by atoms with Crippen molar-refractivity contribution in [2.75, 3.05) is 6.54 Å². The molecule has 0 aromatic rings. The minimum Gasteiger partial charge on any atom is -0.356 e. The number of carbonyl (C=O) groups excluding carboxylic acids is 1. The molecule has 0 fully saturated rings. The molecular weight excluding hydrogens is 224 g/mol. The second kappa shape index (κ2) is 11.5. The standard InChI is InChI=1S/C15H32N2O/c1-4-9-14(16)12-15(18)17-11-8-6-5-7-10-13(2)3/h13-14H,4-12,16H2,1-3H3,(H,17,18). The Bertz CT molecular complexity index is 205. The third-order valence-corrected chi connectivity index (χ3v) is 3.14. The summed E-state index contributed by atoms with van der Waals surface area (Å²) in [5, 5.41) is 2.95. The van der Waals surface area contributed by atoms with Crippen LogP contribution in [0, 0.1) is 5.92 Å². The number of nitrogens with two attached hydrogens (primary N) is 1. The summed E-state index contributed by atoms with van der Waals surface area (Å²) in [6, 6.07) is 0.0287. The lowest BCUT2D eigenvalue weighted by molar-refractivity contribution is -0.121. The van der Waals surface area contributed by atoms with Crippen LogP contribution in [-0.2, 0) is 4.79 Å². The maximum absolute atomic E-state index is 11.5. The SMILES string of the molecule is CCCC(N)CC(=O)NCCCCCCC(C)C. The summed E-state index contributed by atoms with van der Waals surface area (Å²) in [4.78, 5) is 11.5. The van der Waals surface area contributed by atoms with E-state index in [0.717, 1.165) is 31.7 Å². The Labute approximate surface area is 113 Å². The average Bonchev–Trinajstić information content (AvgIpc) is 2.27. The number of carbonyl (C=O) groups is 1. The summed E-state index contributed by atoms with van der Waals surface area (Å²) >= 11 is 0. The molecule has 18 heavy (non-hydrogen) atoms. The van der Waals surface area contributed by atoms with Gasteiger partial charge in [-0.2, -0.15) is 0 Å². The molecular formula is C15H32N2O. The number of hydrogen-bond acceptors (Lipinski definition) is 2. The van der Waals surface area contributed by atoms with Crippen molar-refractivity contribution in [2.45, 2.75) is 78.2 Å². The van der Waals surface area contributed by atoms with Crippen LogP contribution >= 0.6 is 0 Å². The lowest BCUT2D eigenvalue weighted by Gasteiger charge is -2.10. The van der Waals surface area contributed by atoms with Gasteiger partial charge in [0.05, 0.1) is 0 Å². The van der Waals surface area contributed by atoms with Crippen LogP contribution in [-0.4, -0.2) is 18.5 Å². The zero-order valence-corrected chi connectivity index (χ0v) is 12.5. The van der Waals surface area contributed by atoms with E-state index in [2.05, 4.69) is 26.1 Å². The summed E-state index contributed by atoms with van der Waals surface area (Å²) in [5.74, 6) is 0.919. The summed E-state index contributed by atoms with van der Waals surface area (Å²) in [6.07, 6.45) is 8.67. The molecule has 1 atom stereocenters. The van der Waals surface area contributed by atoms with E-state index in [1.54, 1.807) is 0 Å². The van der Waals surface area contributed by atoms with Crippen molar-refractivity contribution in [1.82, 2.24) is 5.32 Å². The van der Waals surface area contributed by atoms with E-state index < -0.39 is 0 Å². The monoisotopic (exact) mass is 256 g/mol. The molecule has 3 N–H and O–H groups in total. The molecule has 0 aliphatic rings. The van der Waals surface area contributed by atoms with Gasteiger partial charge in [0, 0.05) is 19.0 Å². The minimum absolute atomic E-state index is 0.0287. The van der Waals surface area contributed by atoms with Gasteiger partial charge in [0.15, 0.2) is 0 Å². The van der Waals surface area contributed by atoms with E-state index in [1.807, 2.05) is 0 Å². The first-order valence-electron chi connectivity index (χ1n) is 7.58. The Morgan fingerprint density at radius 1 is 1.11 bits per heavy atom. The Kier molecular flexibility index (Phi) is 11.2. The van der Waals surface area contributed by atoms with Crippen LogP contribution in [0.2, 0.25) is 0 Å². The Morgan fingerprint density at radius 3 is 2.39 bits per heavy atom. The zero-order chi connectivity index (χ0) is 13.8. The highest BCUT2D eigenvalue weighted by atomic mass is 16.1. The van der Waals surface area contributed by atoms with Gasteiger partial charge in [-0.3, -0.25) is 4.79 Å². The molecule has 0 radical (unpaired) electrons. The first-order valence-corrected chi connectivity index (χ1v) is 7.58. The van der Waals surface area contributed by atoms with Crippen LogP contribution in [0.15, 0.2) is 0 Å². The van der Waals surface area contributed by atoms with Gasteiger partial charge in [-0.25, -0.2) is 0 Å². The van der Waals surface area contributed by atoms with Crippen molar-refractivity contribution < 1.29 is 4.79 Å². The van der Waals surface area contributed by atoms with E-state index in [0.29, 0.717) is 6.42 Å². The lowest BCUT2D eigenvalue weighted by atomic mass is 10.0. The van der Waals surface area contributed by atoms with Gasteiger partial charge in [0.25, 0.3) is 0 Å². The fourth-order valence-corrected chi connectivity index (χ4v) is 2.04. The van der Waals surface area contributed by atoms with Crippen LogP contribution in [0.5, 0.6) is 0 Å². The number of unbranched alkanes of at least 4 members (excludes halogenated alkanes) is 3. The van der Waals surface area contributed by atoms with Gasteiger partial charge in [-0.05, 0) is 18.8 Å². The topological polar surface area (TPSA) is 55.1 Å². The van der Waals surface area contributed by atoms with Crippen LogP contribution < -0.4 is 11.1 Å². The first-order chi connectivity index (χ1) is 8.56. The molecule has 0 bridgehead atoms. The van der Waals surface area contributed by atoms with Crippen molar-refractivity contribution in [1.29, 1.82) is 0 Å². The highest BCUT2D eigenvalue weighted by Crippen LogP contribution is 2.09. The smallest absolute Gasteiger partial charge is 0.221 e. The molecule has 0 spiro atoms. The Balaban J connectivity index is 3.30. The van der Waals surface area contributed by atoms with Gasteiger partial charge in [0.2, 0.25) is 5.91 Å². The molecule has 1 amide bonds. The number of hydrogen-bond donors (Lipinski definition) is 2. The van der Waals surface area contributed by atoms with E-state index in [1.165, 1.54) is 25.7 Å². The predicted octanol–water partition coefficient (Wildman–Crippen LogP) is 3.23. The van der Waals surface area contributed by atoms with Gasteiger partial charge in [-0.1, -0.05) is 52.9 Å². The molecule has 0 saturated carbocycles. The molecule has 3 nitrogen and oxygen atoms in total. The Hall–Kier alpha value is -0.570. The predicted molar refractivity (Wildman–Crippen MR) is 78.4 cm³/mol. The van der Waals surface area contributed by atoms with Gasteiger partial charge >= 0.3 is 0 Å². The largest absolute Gasteiger partial charge is 0.356 e. The molecule has 0 aliphatic heterocycles. The summed E-state index contributed by atoms with van der Waals surface area (Å²) in [7, 11) is 0. The van der Waals surface area contributed by atoms with Crippen LogP contribution in [0.3, 0.4) is 0 Å². The highest BCUT2D eigenvalue weighted by Gasteiger charge is 2.07. The van der Waals surface area contributed by atoms with Crippen LogP contribution in [0.1, 0.15) is 72.1 Å². The third-order valence-electron chi connectivity index (χ3n) is 3.14. The van der Waals surface area contributed by atoms with Gasteiger partial charge in [0.1, 0.15) is 0 Å². The van der Waals surface area contributed by atoms with Crippen LogP contribution in [0.25, 0.3) is 0 Å². The molecule has 3 heteroatoms. The molecule has 0 aromatic heterocycles. The summed E-state index contributed by atoms with van der Waals surface area (Å²) in [6.45, 7) is 7.42. The van der Waals surface area contributed by atoms with E-state index in [4.69, 9.17) is 5.73 Å². The zero-order valence-electron chi connectivity index (χ0n) is 12.5. The van der Waals surface area contributed by atoms with Crippen molar-refractivity contribution in [3.05, 3.63) is 0 Å². The first kappa shape index (κ1) is 17.4. The molecule has 1 unspecified atom stereocenters. The third kappa shape index (κ3) is 11.9. The maximum atomic E-state index is 11.5. The fraction of sp³-hybridized carbons (Fsp3) is 0.933. The quantitative estimate of drug-likeness (QED) is 0.558. The highest BCUT2D eigenvalue weighted by molar-refractivity contribution is 5.76. The molecule has 0 rings (SSSR count). The summed E-state index contributed by atoms with van der Waals surface area (Å²) < 4.78 is 0. The lowest BCUT2D eigenvalue weighted by Crippen LogP contribution is -2.32. The van der Waals surface area contributed by atoms with Gasteiger partial charge in [-0.15, -0.1) is 0 Å². The molecule has 0 aliphatic carbocycles. The number of nitrogens with one attached hydrogen (secondary N) is 1. The molecule has 0 saturated heterocycles. The van der Waals surface area contributed by atoms with E-state index >= 15 is 0 Å². The van der Waals surface area contributed by atoms with Crippen molar-refractivity contribution >= 4 is 5.91 Å². The normalized spacial score (nSPS) is 12.7.